The second-order valence-electron chi connectivity index (χ2n) is 10.1. The van der Waals surface area contributed by atoms with Crippen molar-refractivity contribution in [2.75, 3.05) is 5.32 Å². The molecule has 1 saturated carbocycles. The van der Waals surface area contributed by atoms with E-state index in [-0.39, 0.29) is 33.6 Å². The number of nitro groups is 1. The van der Waals surface area contributed by atoms with Crippen LogP contribution in [0.2, 0.25) is 0 Å². The van der Waals surface area contributed by atoms with Crippen LogP contribution in [0.25, 0.3) is 0 Å². The average Bonchev–Trinajstić information content (AvgIpc) is 3.34. The van der Waals surface area contributed by atoms with Crippen LogP contribution in [-0.4, -0.2) is 29.6 Å². The Morgan fingerprint density at radius 3 is 2.36 bits per heavy atom. The molecule has 3 aromatic rings. The highest BCUT2D eigenvalue weighted by atomic mass is 32.2. The third-order valence-corrected chi connectivity index (χ3v) is 7.80. The van der Waals surface area contributed by atoms with Gasteiger partial charge in [-0.05, 0) is 43.4 Å². The van der Waals surface area contributed by atoms with E-state index in [4.69, 9.17) is 4.42 Å². The molecule has 0 bridgehead atoms. The lowest BCUT2D eigenvalue weighted by Crippen LogP contribution is -2.37. The first-order valence-corrected chi connectivity index (χ1v) is 13.4. The molecule has 1 aromatic heterocycles. The normalized spacial score (nSPS) is 18.6. The molecule has 2 N–H and O–H groups in total. The smallest absolute Gasteiger partial charge is 0.293 e. The maximum Gasteiger partial charge on any atom is 0.293 e. The van der Waals surface area contributed by atoms with E-state index in [0.717, 1.165) is 11.6 Å². The Morgan fingerprint density at radius 2 is 1.75 bits per heavy atom. The fourth-order valence-corrected chi connectivity index (χ4v) is 5.55. The molecule has 0 amide bonds. The first-order valence-electron chi connectivity index (χ1n) is 12.0. The number of benzene rings is 2. The summed E-state index contributed by atoms with van der Waals surface area (Å²) in [6.45, 7) is 6.40. The molecule has 0 radical (unpaired) electrons. The monoisotopic (exact) mass is 513 g/mol. The number of anilines is 1. The zero-order valence-electron chi connectivity index (χ0n) is 20.6. The summed E-state index contributed by atoms with van der Waals surface area (Å²) in [5, 5.41) is 23.0. The summed E-state index contributed by atoms with van der Waals surface area (Å²) in [5.41, 5.74) is 0.699. The van der Waals surface area contributed by atoms with Crippen molar-refractivity contribution >= 4 is 21.4 Å². The van der Waals surface area contributed by atoms with Crippen molar-refractivity contribution in [3.8, 4) is 0 Å². The fraction of sp³-hybridized carbons (Fsp3) is 0.440. The molecular weight excluding hydrogens is 482 g/mol. The number of nitrogens with one attached hydrogen (secondary N) is 2. The van der Waals surface area contributed by atoms with Gasteiger partial charge < -0.3 is 9.73 Å². The first-order chi connectivity index (χ1) is 17.0. The summed E-state index contributed by atoms with van der Waals surface area (Å²) < 4.78 is 34.6. The zero-order valence-corrected chi connectivity index (χ0v) is 21.4. The van der Waals surface area contributed by atoms with Crippen LogP contribution in [0.5, 0.6) is 0 Å². The molecular formula is C25H31N5O5S. The van der Waals surface area contributed by atoms with Gasteiger partial charge in [0.25, 0.3) is 5.69 Å². The predicted octanol–water partition coefficient (Wildman–Crippen LogP) is 4.89. The van der Waals surface area contributed by atoms with Crippen molar-refractivity contribution in [1.29, 1.82) is 0 Å². The van der Waals surface area contributed by atoms with E-state index in [1.54, 1.807) is 0 Å². The molecule has 36 heavy (non-hydrogen) atoms. The Hall–Kier alpha value is -3.31. The van der Waals surface area contributed by atoms with Gasteiger partial charge in [0.1, 0.15) is 5.69 Å². The minimum atomic E-state index is -3.93. The van der Waals surface area contributed by atoms with Gasteiger partial charge in [-0.1, -0.05) is 51.1 Å². The molecule has 1 aliphatic carbocycles. The van der Waals surface area contributed by atoms with Crippen LogP contribution in [0, 0.1) is 10.1 Å². The van der Waals surface area contributed by atoms with Crippen LogP contribution in [0.15, 0.2) is 57.8 Å². The number of hydrogen-bond donors (Lipinski definition) is 2. The van der Waals surface area contributed by atoms with Gasteiger partial charge in [0, 0.05) is 30.0 Å². The molecule has 0 saturated heterocycles. The molecule has 1 fully saturated rings. The van der Waals surface area contributed by atoms with Gasteiger partial charge in [0.2, 0.25) is 21.8 Å². The zero-order chi connectivity index (χ0) is 25.9. The summed E-state index contributed by atoms with van der Waals surface area (Å²) in [7, 11) is -3.93. The van der Waals surface area contributed by atoms with Gasteiger partial charge in [0.15, 0.2) is 0 Å². The van der Waals surface area contributed by atoms with Gasteiger partial charge >= 0.3 is 0 Å². The highest BCUT2D eigenvalue weighted by Crippen LogP contribution is 2.35. The van der Waals surface area contributed by atoms with Gasteiger partial charge in [-0.3, -0.25) is 10.1 Å². The van der Waals surface area contributed by atoms with Crippen molar-refractivity contribution in [3.05, 3.63) is 76.0 Å². The first kappa shape index (κ1) is 25.8. The third kappa shape index (κ3) is 6.08. The van der Waals surface area contributed by atoms with E-state index >= 15 is 0 Å². The number of rotatable bonds is 8. The molecule has 2 aromatic carbocycles. The van der Waals surface area contributed by atoms with E-state index in [1.807, 2.05) is 51.1 Å². The lowest BCUT2D eigenvalue weighted by Gasteiger charge is -2.27. The van der Waals surface area contributed by atoms with E-state index < -0.39 is 14.9 Å². The number of nitro benzene ring substituents is 1. The van der Waals surface area contributed by atoms with E-state index in [2.05, 4.69) is 20.2 Å². The SMILES string of the molecule is CC(C)(C)c1nnc([C@H]2CC[C@H](NS(=O)(=O)c3ccc(NCc4ccccc4)c([N+](=O)[O-])c3)CC2)o1. The largest absolute Gasteiger partial charge is 0.424 e. The number of sulfonamides is 1. The molecule has 11 heteroatoms. The van der Waals surface area contributed by atoms with Crippen molar-refractivity contribution in [1.82, 2.24) is 14.9 Å². The van der Waals surface area contributed by atoms with Crippen LogP contribution in [0.4, 0.5) is 11.4 Å². The van der Waals surface area contributed by atoms with Gasteiger partial charge in [-0.25, -0.2) is 13.1 Å². The summed E-state index contributed by atoms with van der Waals surface area (Å²) in [6.07, 6.45) is 2.63. The lowest BCUT2D eigenvalue weighted by molar-refractivity contribution is -0.384. The van der Waals surface area contributed by atoms with Crippen LogP contribution in [0.3, 0.4) is 0 Å². The summed E-state index contributed by atoms with van der Waals surface area (Å²) >= 11 is 0. The number of nitrogens with zero attached hydrogens (tertiary/aromatic N) is 3. The quantitative estimate of drug-likeness (QED) is 0.320. The topological polar surface area (TPSA) is 140 Å². The molecule has 1 heterocycles. The van der Waals surface area contributed by atoms with Crippen molar-refractivity contribution in [3.63, 3.8) is 0 Å². The van der Waals surface area contributed by atoms with Gasteiger partial charge in [-0.2, -0.15) is 0 Å². The van der Waals surface area contributed by atoms with Crippen LogP contribution in [-0.2, 0) is 22.0 Å². The molecule has 10 nitrogen and oxygen atoms in total. The fourth-order valence-electron chi connectivity index (χ4n) is 4.22. The molecule has 4 rings (SSSR count). The second kappa shape index (κ2) is 10.4. The van der Waals surface area contributed by atoms with Crippen LogP contribution >= 0.6 is 0 Å². The van der Waals surface area contributed by atoms with Gasteiger partial charge in [-0.15, -0.1) is 10.2 Å². The maximum absolute atomic E-state index is 13.0. The average molecular weight is 514 g/mol. The molecule has 0 atom stereocenters. The number of aromatic nitrogens is 2. The van der Waals surface area contributed by atoms with Crippen molar-refractivity contribution in [2.45, 2.75) is 75.3 Å². The Balaban J connectivity index is 1.40. The molecule has 0 aliphatic heterocycles. The van der Waals surface area contributed by atoms with Crippen molar-refractivity contribution < 1.29 is 17.8 Å². The Morgan fingerprint density at radius 1 is 1.06 bits per heavy atom. The summed E-state index contributed by atoms with van der Waals surface area (Å²) in [5.74, 6) is 1.27. The highest BCUT2D eigenvalue weighted by Gasteiger charge is 2.31. The standard InChI is InChI=1S/C25H31N5O5S/c1-25(2,3)24-28-27-23(35-24)18-9-11-19(12-10-18)29-36(33,34)20-13-14-21(22(15-20)30(31)32)26-16-17-7-5-4-6-8-17/h4-8,13-15,18-19,26,29H,9-12,16H2,1-3H3/t18-,19-. The lowest BCUT2D eigenvalue weighted by atomic mass is 9.86. The second-order valence-corrected chi connectivity index (χ2v) is 11.9. The third-order valence-electron chi connectivity index (χ3n) is 6.28. The highest BCUT2D eigenvalue weighted by molar-refractivity contribution is 7.89. The molecule has 0 unspecified atom stereocenters. The Kier molecular flexibility index (Phi) is 7.41. The van der Waals surface area contributed by atoms with Crippen LogP contribution in [0.1, 0.15) is 69.7 Å². The summed E-state index contributed by atoms with van der Waals surface area (Å²) in [4.78, 5) is 11.0. The van der Waals surface area contributed by atoms with Crippen molar-refractivity contribution in [2.24, 2.45) is 0 Å². The van der Waals surface area contributed by atoms with Gasteiger partial charge in [0.05, 0.1) is 9.82 Å². The van der Waals surface area contributed by atoms with E-state index in [0.29, 0.717) is 44.0 Å². The predicted molar refractivity (Wildman–Crippen MR) is 135 cm³/mol. The molecule has 0 spiro atoms. The van der Waals surface area contributed by atoms with Crippen LogP contribution < -0.4 is 10.0 Å². The summed E-state index contributed by atoms with van der Waals surface area (Å²) in [6, 6.07) is 13.1. The minimum Gasteiger partial charge on any atom is -0.424 e. The Bertz CT molecular complexity index is 1310. The molecule has 192 valence electrons. The minimum absolute atomic E-state index is 0.0883. The molecule has 1 aliphatic rings. The number of hydrogen-bond acceptors (Lipinski definition) is 8. The Labute approximate surface area is 210 Å². The van der Waals surface area contributed by atoms with E-state index in [1.165, 1.54) is 12.1 Å². The maximum atomic E-state index is 13.0. The van der Waals surface area contributed by atoms with E-state index in [9.17, 15) is 18.5 Å².